The molecule has 1 rings (SSSR count). The molecular formula is C13H16F3NO4. The lowest BCUT2D eigenvalue weighted by Gasteiger charge is -2.09. The number of alkyl halides is 3. The summed E-state index contributed by atoms with van der Waals surface area (Å²) >= 11 is 0. The molecule has 0 atom stereocenters. The summed E-state index contributed by atoms with van der Waals surface area (Å²) in [6, 6.07) is 4.40. The van der Waals surface area contributed by atoms with Gasteiger partial charge in [-0.1, -0.05) is 0 Å². The molecule has 0 aliphatic heterocycles. The van der Waals surface area contributed by atoms with E-state index in [1.54, 1.807) is 0 Å². The fourth-order valence-corrected chi connectivity index (χ4v) is 1.44. The van der Waals surface area contributed by atoms with Crippen LogP contribution in [0.2, 0.25) is 0 Å². The summed E-state index contributed by atoms with van der Waals surface area (Å²) in [5, 5.41) is 0. The molecule has 0 aromatic heterocycles. The molecule has 0 aliphatic carbocycles. The molecule has 0 aliphatic rings. The molecule has 0 fully saturated rings. The Morgan fingerprint density at radius 3 is 2.62 bits per heavy atom. The number of carbonyl (C=O) groups excluding carboxylic acids is 1. The standard InChI is InChI=1S/C13H16F3NO4/c1-19-11-7-9(3-4-10(11)17)12(18)21-6-2-5-20-8-13(14,15)16/h3-4,7H,2,5-6,8,17H2,1H3. The van der Waals surface area contributed by atoms with Crippen molar-refractivity contribution in [3.8, 4) is 5.75 Å². The maximum absolute atomic E-state index is 11.8. The van der Waals surface area contributed by atoms with Gasteiger partial charge in [-0.3, -0.25) is 0 Å². The molecule has 0 spiro atoms. The molecule has 0 heterocycles. The van der Waals surface area contributed by atoms with E-state index < -0.39 is 18.8 Å². The van der Waals surface area contributed by atoms with Crippen LogP contribution in [0.4, 0.5) is 18.9 Å². The molecule has 0 saturated carbocycles. The molecule has 8 heteroatoms. The van der Waals surface area contributed by atoms with E-state index in [0.717, 1.165) is 0 Å². The molecule has 1 aromatic carbocycles. The van der Waals surface area contributed by atoms with E-state index in [2.05, 4.69) is 4.74 Å². The van der Waals surface area contributed by atoms with Gasteiger partial charge < -0.3 is 19.9 Å². The second-order valence-electron chi connectivity index (χ2n) is 4.11. The molecule has 0 saturated heterocycles. The molecule has 2 N–H and O–H groups in total. The lowest BCUT2D eigenvalue weighted by atomic mass is 10.2. The number of esters is 1. The molecule has 21 heavy (non-hydrogen) atoms. The second kappa shape index (κ2) is 7.72. The third-order valence-electron chi connectivity index (χ3n) is 2.40. The molecule has 1 aromatic rings. The zero-order valence-corrected chi connectivity index (χ0v) is 11.4. The van der Waals surface area contributed by atoms with Crippen molar-refractivity contribution in [1.82, 2.24) is 0 Å². The van der Waals surface area contributed by atoms with Crippen LogP contribution < -0.4 is 10.5 Å². The molecule has 0 unspecified atom stereocenters. The van der Waals surface area contributed by atoms with Crippen molar-refractivity contribution in [3.05, 3.63) is 23.8 Å². The number of halogens is 3. The van der Waals surface area contributed by atoms with Crippen molar-refractivity contribution in [2.75, 3.05) is 32.7 Å². The normalized spacial score (nSPS) is 11.2. The van der Waals surface area contributed by atoms with Gasteiger partial charge in [0.05, 0.1) is 31.6 Å². The first kappa shape index (κ1) is 17.1. The molecule has 0 bridgehead atoms. The van der Waals surface area contributed by atoms with Gasteiger partial charge in [0.25, 0.3) is 0 Å². The van der Waals surface area contributed by atoms with E-state index in [1.807, 2.05) is 0 Å². The van der Waals surface area contributed by atoms with Crippen molar-refractivity contribution in [3.63, 3.8) is 0 Å². The highest BCUT2D eigenvalue weighted by Gasteiger charge is 2.27. The summed E-state index contributed by atoms with van der Waals surface area (Å²) in [4.78, 5) is 11.7. The Bertz CT molecular complexity index is 477. The highest BCUT2D eigenvalue weighted by atomic mass is 19.4. The maximum atomic E-state index is 11.8. The first-order valence-corrected chi connectivity index (χ1v) is 6.08. The van der Waals surface area contributed by atoms with Crippen LogP contribution in [-0.4, -0.2) is 39.1 Å². The number of nitrogens with two attached hydrogens (primary N) is 1. The van der Waals surface area contributed by atoms with Crippen molar-refractivity contribution >= 4 is 11.7 Å². The summed E-state index contributed by atoms with van der Waals surface area (Å²) in [5.41, 5.74) is 6.24. The quantitative estimate of drug-likeness (QED) is 0.476. The van der Waals surface area contributed by atoms with Gasteiger partial charge >= 0.3 is 12.1 Å². The van der Waals surface area contributed by atoms with Crippen LogP contribution in [0.25, 0.3) is 0 Å². The van der Waals surface area contributed by atoms with Crippen LogP contribution >= 0.6 is 0 Å². The largest absolute Gasteiger partial charge is 0.495 e. The average Bonchev–Trinajstić information content (AvgIpc) is 2.41. The van der Waals surface area contributed by atoms with E-state index in [1.165, 1.54) is 25.3 Å². The van der Waals surface area contributed by atoms with E-state index in [9.17, 15) is 18.0 Å². The Hall–Kier alpha value is -1.96. The molecule has 5 nitrogen and oxygen atoms in total. The highest BCUT2D eigenvalue weighted by Crippen LogP contribution is 2.22. The maximum Gasteiger partial charge on any atom is 0.411 e. The molecule has 0 radical (unpaired) electrons. The van der Waals surface area contributed by atoms with Gasteiger partial charge in [0, 0.05) is 6.42 Å². The average molecular weight is 307 g/mol. The number of hydrogen-bond acceptors (Lipinski definition) is 5. The van der Waals surface area contributed by atoms with Crippen LogP contribution in [0.5, 0.6) is 5.75 Å². The van der Waals surface area contributed by atoms with Crippen molar-refractivity contribution in [2.24, 2.45) is 0 Å². The van der Waals surface area contributed by atoms with Gasteiger partial charge in [-0.2, -0.15) is 13.2 Å². The van der Waals surface area contributed by atoms with Gasteiger partial charge in [-0.15, -0.1) is 0 Å². The zero-order chi connectivity index (χ0) is 15.9. The number of methoxy groups -OCH3 is 1. The van der Waals surface area contributed by atoms with E-state index in [4.69, 9.17) is 15.2 Å². The first-order valence-electron chi connectivity index (χ1n) is 6.08. The minimum atomic E-state index is -4.35. The Balaban J connectivity index is 2.31. The lowest BCUT2D eigenvalue weighted by molar-refractivity contribution is -0.174. The van der Waals surface area contributed by atoms with Gasteiger partial charge in [-0.25, -0.2) is 4.79 Å². The van der Waals surface area contributed by atoms with Crippen molar-refractivity contribution in [1.29, 1.82) is 0 Å². The Kier molecular flexibility index (Phi) is 6.29. The van der Waals surface area contributed by atoms with Crippen molar-refractivity contribution in [2.45, 2.75) is 12.6 Å². The Morgan fingerprint density at radius 2 is 2.00 bits per heavy atom. The second-order valence-corrected chi connectivity index (χ2v) is 4.11. The summed E-state index contributed by atoms with van der Waals surface area (Å²) in [6.45, 7) is -1.49. The number of carbonyl (C=O) groups is 1. The van der Waals surface area contributed by atoms with E-state index in [-0.39, 0.29) is 25.2 Å². The lowest BCUT2D eigenvalue weighted by Crippen LogP contribution is -2.18. The predicted octanol–water partition coefficient (Wildman–Crippen LogP) is 2.40. The topological polar surface area (TPSA) is 70.8 Å². The fourth-order valence-electron chi connectivity index (χ4n) is 1.44. The zero-order valence-electron chi connectivity index (χ0n) is 11.4. The third-order valence-corrected chi connectivity index (χ3v) is 2.40. The van der Waals surface area contributed by atoms with E-state index in [0.29, 0.717) is 11.4 Å². The Morgan fingerprint density at radius 1 is 1.29 bits per heavy atom. The number of rotatable bonds is 7. The molecular weight excluding hydrogens is 291 g/mol. The summed E-state index contributed by atoms with van der Waals surface area (Å²) in [6.07, 6.45) is -4.18. The monoisotopic (exact) mass is 307 g/mol. The fraction of sp³-hybridized carbons (Fsp3) is 0.462. The number of hydrogen-bond donors (Lipinski definition) is 1. The number of benzene rings is 1. The van der Waals surface area contributed by atoms with Crippen LogP contribution in [0, 0.1) is 0 Å². The van der Waals surface area contributed by atoms with Crippen LogP contribution in [0.1, 0.15) is 16.8 Å². The third kappa shape index (κ3) is 6.35. The number of anilines is 1. The molecule has 118 valence electrons. The minimum Gasteiger partial charge on any atom is -0.495 e. The van der Waals surface area contributed by atoms with Crippen LogP contribution in [-0.2, 0) is 9.47 Å². The summed E-state index contributed by atoms with van der Waals surface area (Å²) in [7, 11) is 1.42. The van der Waals surface area contributed by atoms with Gasteiger partial charge in [0.1, 0.15) is 12.4 Å². The van der Waals surface area contributed by atoms with Crippen LogP contribution in [0.15, 0.2) is 18.2 Å². The highest BCUT2D eigenvalue weighted by molar-refractivity contribution is 5.90. The van der Waals surface area contributed by atoms with Crippen LogP contribution in [0.3, 0.4) is 0 Å². The molecule has 0 amide bonds. The van der Waals surface area contributed by atoms with Gasteiger partial charge in [0.2, 0.25) is 0 Å². The van der Waals surface area contributed by atoms with Gasteiger partial charge in [-0.05, 0) is 18.2 Å². The van der Waals surface area contributed by atoms with E-state index >= 15 is 0 Å². The Labute approximate surface area is 119 Å². The number of nitrogen functional groups attached to an aromatic ring is 1. The SMILES string of the molecule is COc1cc(C(=O)OCCCOCC(F)(F)F)ccc1N. The summed E-state index contributed by atoms with van der Waals surface area (Å²) < 4.78 is 49.6. The van der Waals surface area contributed by atoms with Gasteiger partial charge in [0.15, 0.2) is 0 Å². The number of ether oxygens (including phenoxy) is 3. The summed E-state index contributed by atoms with van der Waals surface area (Å²) in [5.74, 6) is -0.262. The van der Waals surface area contributed by atoms with Crippen molar-refractivity contribution < 1.29 is 32.2 Å². The smallest absolute Gasteiger partial charge is 0.411 e. The predicted molar refractivity (Wildman–Crippen MR) is 69.2 cm³/mol. The first-order chi connectivity index (χ1) is 9.83. The minimum absolute atomic E-state index is 0.0383.